The number of hydrogen-bond acceptors (Lipinski definition) is 2. The van der Waals surface area contributed by atoms with E-state index in [2.05, 4.69) is 33.4 Å². The van der Waals surface area contributed by atoms with E-state index in [4.69, 9.17) is 0 Å². The fourth-order valence-electron chi connectivity index (χ4n) is 3.83. The molecule has 2 heteroatoms. The molecule has 0 aliphatic heterocycles. The maximum Gasteiger partial charge on any atom is 0.122 e. The van der Waals surface area contributed by atoms with E-state index < -0.39 is 0 Å². The second kappa shape index (κ2) is 7.72. The minimum atomic E-state index is 0.197. The van der Waals surface area contributed by atoms with E-state index in [0.29, 0.717) is 29.7 Å². The van der Waals surface area contributed by atoms with E-state index in [1.807, 2.05) is 0 Å². The van der Waals surface area contributed by atoms with Crippen LogP contribution in [0.5, 0.6) is 11.5 Å². The fourth-order valence-corrected chi connectivity index (χ4v) is 3.83. The normalized spacial score (nSPS) is 22.5. The Morgan fingerprint density at radius 1 is 1.26 bits per heavy atom. The summed E-state index contributed by atoms with van der Waals surface area (Å²) in [6.07, 6.45) is 7.63. The first-order valence-electron chi connectivity index (χ1n) is 8.80. The quantitative estimate of drug-likeness (QED) is 0.670. The molecule has 2 rings (SSSR count). The van der Waals surface area contributed by atoms with Gasteiger partial charge in [-0.2, -0.15) is 0 Å². The number of rotatable bonds is 6. The van der Waals surface area contributed by atoms with Gasteiger partial charge in [0.1, 0.15) is 11.5 Å². The van der Waals surface area contributed by atoms with Crippen molar-refractivity contribution in [3.63, 3.8) is 0 Å². The molecule has 1 aromatic rings. The summed E-state index contributed by atoms with van der Waals surface area (Å²) < 4.78 is 0. The summed E-state index contributed by atoms with van der Waals surface area (Å²) in [6, 6.07) is 5.00. The molecular weight excluding hydrogens is 284 g/mol. The molecule has 3 unspecified atom stereocenters. The van der Waals surface area contributed by atoms with Gasteiger partial charge < -0.3 is 10.2 Å². The zero-order chi connectivity index (χ0) is 17.0. The van der Waals surface area contributed by atoms with Crippen molar-refractivity contribution < 1.29 is 10.2 Å². The number of phenols is 2. The van der Waals surface area contributed by atoms with Crippen LogP contribution in [0.25, 0.3) is 0 Å². The molecule has 0 saturated heterocycles. The van der Waals surface area contributed by atoms with Crippen LogP contribution in [0.2, 0.25) is 0 Å². The summed E-state index contributed by atoms with van der Waals surface area (Å²) in [4.78, 5) is 0. The van der Waals surface area contributed by atoms with E-state index in [9.17, 15) is 10.2 Å². The molecule has 0 fully saturated rings. The number of allylic oxidation sites excluding steroid dienone is 3. The van der Waals surface area contributed by atoms with E-state index in [-0.39, 0.29) is 11.5 Å². The van der Waals surface area contributed by atoms with Crippen molar-refractivity contribution in [2.45, 2.75) is 52.9 Å². The molecule has 0 bridgehead atoms. The molecule has 2 nitrogen and oxygen atoms in total. The molecule has 0 spiro atoms. The van der Waals surface area contributed by atoms with Gasteiger partial charge in [0.2, 0.25) is 0 Å². The van der Waals surface area contributed by atoms with Gasteiger partial charge in [0.15, 0.2) is 0 Å². The van der Waals surface area contributed by atoms with Crippen molar-refractivity contribution in [1.82, 2.24) is 0 Å². The van der Waals surface area contributed by atoms with E-state index in [1.54, 1.807) is 18.2 Å². The summed E-state index contributed by atoms with van der Waals surface area (Å²) in [5.41, 5.74) is 3.36. The SMILES string of the molecule is C=C(C)C1CCC(C)C=C1C(CCC)Cc1c(O)cccc1O. The summed E-state index contributed by atoms with van der Waals surface area (Å²) in [5, 5.41) is 20.3. The van der Waals surface area contributed by atoms with Crippen molar-refractivity contribution in [3.05, 3.63) is 47.6 Å². The molecule has 0 aromatic heterocycles. The number of hydrogen-bond donors (Lipinski definition) is 2. The zero-order valence-corrected chi connectivity index (χ0v) is 14.7. The van der Waals surface area contributed by atoms with Gasteiger partial charge in [-0.15, -0.1) is 0 Å². The van der Waals surface area contributed by atoms with Gasteiger partial charge in [-0.25, -0.2) is 0 Å². The van der Waals surface area contributed by atoms with Gasteiger partial charge in [0.05, 0.1) is 0 Å². The van der Waals surface area contributed by atoms with E-state index >= 15 is 0 Å². The van der Waals surface area contributed by atoms with Crippen LogP contribution in [0.3, 0.4) is 0 Å². The summed E-state index contributed by atoms with van der Waals surface area (Å²) >= 11 is 0. The van der Waals surface area contributed by atoms with Gasteiger partial charge in [-0.05, 0) is 56.6 Å². The van der Waals surface area contributed by atoms with Gasteiger partial charge in [-0.3, -0.25) is 0 Å². The summed E-state index contributed by atoms with van der Waals surface area (Å²) in [5.74, 6) is 1.78. The molecule has 2 N–H and O–H groups in total. The highest BCUT2D eigenvalue weighted by Crippen LogP contribution is 2.41. The maximum atomic E-state index is 10.1. The van der Waals surface area contributed by atoms with Crippen LogP contribution in [-0.4, -0.2) is 10.2 Å². The lowest BCUT2D eigenvalue weighted by Crippen LogP contribution is -2.21. The van der Waals surface area contributed by atoms with Crippen molar-refractivity contribution in [2.75, 3.05) is 0 Å². The Morgan fingerprint density at radius 3 is 2.48 bits per heavy atom. The van der Waals surface area contributed by atoms with Gasteiger partial charge in [0, 0.05) is 11.5 Å². The van der Waals surface area contributed by atoms with Gasteiger partial charge in [0.25, 0.3) is 0 Å². The Hall–Kier alpha value is -1.70. The molecular formula is C21H30O2. The van der Waals surface area contributed by atoms with E-state index in [1.165, 1.54) is 17.6 Å². The third kappa shape index (κ3) is 4.19. The Bertz CT molecular complexity index is 565. The standard InChI is InChI=1S/C21H30O2/c1-5-7-16(13-19-20(22)8-6-9-21(19)23)18-12-15(4)10-11-17(18)14(2)3/h6,8-9,12,15-17,22-23H,2,5,7,10-11,13H2,1,3-4H3. The summed E-state index contributed by atoms with van der Waals surface area (Å²) in [6.45, 7) is 10.8. The van der Waals surface area contributed by atoms with E-state index in [0.717, 1.165) is 19.3 Å². The first kappa shape index (κ1) is 17.7. The highest BCUT2D eigenvalue weighted by molar-refractivity contribution is 5.44. The van der Waals surface area contributed by atoms with Gasteiger partial charge >= 0.3 is 0 Å². The lowest BCUT2D eigenvalue weighted by atomic mass is 9.72. The number of aromatic hydroxyl groups is 2. The smallest absolute Gasteiger partial charge is 0.122 e. The minimum absolute atomic E-state index is 0.197. The molecule has 126 valence electrons. The zero-order valence-electron chi connectivity index (χ0n) is 14.7. The topological polar surface area (TPSA) is 40.5 Å². The fraction of sp³-hybridized carbons (Fsp3) is 0.524. The van der Waals surface area contributed by atoms with Crippen molar-refractivity contribution in [3.8, 4) is 11.5 Å². The van der Waals surface area contributed by atoms with Crippen molar-refractivity contribution in [1.29, 1.82) is 0 Å². The van der Waals surface area contributed by atoms with Crippen LogP contribution >= 0.6 is 0 Å². The molecule has 23 heavy (non-hydrogen) atoms. The maximum absolute atomic E-state index is 10.1. The average molecular weight is 314 g/mol. The Labute approximate surface area is 140 Å². The second-order valence-corrected chi connectivity index (χ2v) is 7.08. The van der Waals surface area contributed by atoms with Crippen molar-refractivity contribution in [2.24, 2.45) is 17.8 Å². The monoisotopic (exact) mass is 314 g/mol. The van der Waals surface area contributed by atoms with Crippen LogP contribution < -0.4 is 0 Å². The molecule has 1 aliphatic rings. The molecule has 1 aromatic carbocycles. The highest BCUT2D eigenvalue weighted by atomic mass is 16.3. The molecule has 0 radical (unpaired) electrons. The average Bonchev–Trinajstić information content (AvgIpc) is 2.49. The second-order valence-electron chi connectivity index (χ2n) is 7.08. The molecule has 0 amide bonds. The molecule has 3 atom stereocenters. The van der Waals surface area contributed by atoms with Crippen LogP contribution in [0.15, 0.2) is 42.0 Å². The largest absolute Gasteiger partial charge is 0.508 e. The number of phenolic OH excluding ortho intramolecular Hbond substituents is 2. The van der Waals surface area contributed by atoms with Crippen LogP contribution in [-0.2, 0) is 6.42 Å². The number of benzene rings is 1. The minimum Gasteiger partial charge on any atom is -0.508 e. The third-order valence-corrected chi connectivity index (χ3v) is 5.07. The predicted octanol–water partition coefficient (Wildman–Crippen LogP) is 5.61. The van der Waals surface area contributed by atoms with Gasteiger partial charge in [-0.1, -0.05) is 50.1 Å². The summed E-state index contributed by atoms with van der Waals surface area (Å²) in [7, 11) is 0. The van der Waals surface area contributed by atoms with Crippen LogP contribution in [0.4, 0.5) is 0 Å². The molecule has 0 heterocycles. The molecule has 0 saturated carbocycles. The first-order chi connectivity index (χ1) is 10.9. The van der Waals surface area contributed by atoms with Crippen molar-refractivity contribution >= 4 is 0 Å². The molecule has 1 aliphatic carbocycles. The highest BCUT2D eigenvalue weighted by Gasteiger charge is 2.28. The Morgan fingerprint density at radius 2 is 1.91 bits per heavy atom. The van der Waals surface area contributed by atoms with Crippen LogP contribution in [0, 0.1) is 17.8 Å². The lowest BCUT2D eigenvalue weighted by molar-refractivity contribution is 0.398. The lowest BCUT2D eigenvalue weighted by Gasteiger charge is -2.33. The Balaban J connectivity index is 2.34. The predicted molar refractivity (Wildman–Crippen MR) is 96.7 cm³/mol. The third-order valence-electron chi connectivity index (χ3n) is 5.07. The first-order valence-corrected chi connectivity index (χ1v) is 8.80. The van der Waals surface area contributed by atoms with Crippen LogP contribution in [0.1, 0.15) is 52.0 Å². The Kier molecular flexibility index (Phi) is 5.92.